The monoisotopic (exact) mass is 534 g/mol. The van der Waals surface area contributed by atoms with Gasteiger partial charge in [-0.15, -0.1) is 0 Å². The number of alkyl halides is 2. The predicted molar refractivity (Wildman–Crippen MR) is 124 cm³/mol. The molecule has 0 radical (unpaired) electrons. The van der Waals surface area contributed by atoms with E-state index in [2.05, 4.69) is 10.1 Å². The molecular formula is C22H26F4N4O5S. The van der Waals surface area contributed by atoms with E-state index < -0.39 is 46.4 Å². The van der Waals surface area contributed by atoms with Gasteiger partial charge in [-0.25, -0.2) is 18.3 Å². The lowest BCUT2D eigenvalue weighted by molar-refractivity contribution is -0.120. The molecule has 3 amide bonds. The van der Waals surface area contributed by atoms with Crippen LogP contribution in [0.5, 0.6) is 5.75 Å². The zero-order valence-electron chi connectivity index (χ0n) is 19.7. The normalized spacial score (nSPS) is 12.4. The molecule has 2 rings (SSSR count). The van der Waals surface area contributed by atoms with Crippen LogP contribution in [0.1, 0.15) is 19.4 Å². The molecule has 36 heavy (non-hydrogen) atoms. The quantitative estimate of drug-likeness (QED) is 0.431. The molecule has 0 bridgehead atoms. The van der Waals surface area contributed by atoms with Gasteiger partial charge in [0.15, 0.2) is 0 Å². The van der Waals surface area contributed by atoms with Crippen LogP contribution in [0.2, 0.25) is 0 Å². The first kappa shape index (κ1) is 28.8. The second-order valence-electron chi connectivity index (χ2n) is 7.47. The van der Waals surface area contributed by atoms with Crippen LogP contribution in [-0.2, 0) is 21.4 Å². The van der Waals surface area contributed by atoms with Crippen LogP contribution >= 0.6 is 0 Å². The number of carbonyl (C=O) groups is 2. The molecule has 0 fully saturated rings. The predicted octanol–water partition coefficient (Wildman–Crippen LogP) is 3.03. The van der Waals surface area contributed by atoms with Crippen molar-refractivity contribution >= 4 is 27.8 Å². The maximum Gasteiger partial charge on any atom is 0.387 e. The number of benzene rings is 2. The van der Waals surface area contributed by atoms with Crippen molar-refractivity contribution in [2.45, 2.75) is 32.9 Å². The van der Waals surface area contributed by atoms with Crippen molar-refractivity contribution < 1.29 is 40.3 Å². The van der Waals surface area contributed by atoms with E-state index in [0.29, 0.717) is 6.07 Å². The summed E-state index contributed by atoms with van der Waals surface area (Å²) in [5.74, 6) is -2.75. The third-order valence-corrected chi connectivity index (χ3v) is 6.65. The molecule has 0 unspecified atom stereocenters. The fourth-order valence-corrected chi connectivity index (χ4v) is 4.41. The summed E-state index contributed by atoms with van der Waals surface area (Å²) in [4.78, 5) is 26.8. The van der Waals surface area contributed by atoms with Gasteiger partial charge in [0, 0.05) is 38.3 Å². The second-order valence-corrected chi connectivity index (χ2v) is 9.14. The van der Waals surface area contributed by atoms with Gasteiger partial charge in [0.1, 0.15) is 23.4 Å². The van der Waals surface area contributed by atoms with Crippen molar-refractivity contribution in [1.29, 1.82) is 0 Å². The number of nitrogens with zero attached hydrogens (tertiary/aromatic N) is 2. The van der Waals surface area contributed by atoms with E-state index in [1.165, 1.54) is 31.3 Å². The molecule has 2 aromatic carbocycles. The van der Waals surface area contributed by atoms with Gasteiger partial charge in [-0.3, -0.25) is 4.79 Å². The Morgan fingerprint density at radius 2 is 1.56 bits per heavy atom. The van der Waals surface area contributed by atoms with Crippen LogP contribution in [0, 0.1) is 11.6 Å². The third kappa shape index (κ3) is 8.09. The highest BCUT2D eigenvalue weighted by molar-refractivity contribution is 7.87. The summed E-state index contributed by atoms with van der Waals surface area (Å²) in [6.07, 6.45) is -0.386. The van der Waals surface area contributed by atoms with Crippen molar-refractivity contribution in [1.82, 2.24) is 14.3 Å². The van der Waals surface area contributed by atoms with Crippen LogP contribution in [0.15, 0.2) is 42.5 Å². The lowest BCUT2D eigenvalue weighted by Gasteiger charge is -2.26. The van der Waals surface area contributed by atoms with Gasteiger partial charge in [0.05, 0.1) is 0 Å². The van der Waals surface area contributed by atoms with Crippen molar-refractivity contribution in [3.63, 3.8) is 0 Å². The molecule has 0 aliphatic carbocycles. The van der Waals surface area contributed by atoms with Gasteiger partial charge in [-0.1, -0.05) is 13.8 Å². The lowest BCUT2D eigenvalue weighted by atomic mass is 10.0. The zero-order valence-corrected chi connectivity index (χ0v) is 20.5. The van der Waals surface area contributed by atoms with E-state index in [0.717, 1.165) is 21.3 Å². The van der Waals surface area contributed by atoms with Crippen LogP contribution in [-0.4, -0.2) is 57.5 Å². The number of nitrogens with one attached hydrogen (secondary N) is 2. The Hall–Kier alpha value is -3.39. The zero-order chi connectivity index (χ0) is 27.0. The molecule has 0 aliphatic rings. The maximum atomic E-state index is 13.7. The summed E-state index contributed by atoms with van der Waals surface area (Å²) in [5.41, 5.74) is 0.238. The van der Waals surface area contributed by atoms with Crippen LogP contribution in [0.4, 0.5) is 28.0 Å². The molecule has 198 valence electrons. The van der Waals surface area contributed by atoms with Crippen molar-refractivity contribution in [3.05, 3.63) is 59.7 Å². The molecule has 0 aliphatic heterocycles. The maximum absolute atomic E-state index is 13.7. The first-order valence-corrected chi connectivity index (χ1v) is 12.2. The average Bonchev–Trinajstić information content (AvgIpc) is 2.77. The lowest BCUT2D eigenvalue weighted by Crippen LogP contribution is -2.54. The number of amides is 3. The van der Waals surface area contributed by atoms with E-state index in [4.69, 9.17) is 0 Å². The first-order valence-electron chi connectivity index (χ1n) is 10.7. The largest absolute Gasteiger partial charge is 0.435 e. The van der Waals surface area contributed by atoms with Crippen LogP contribution < -0.4 is 19.7 Å². The molecule has 0 saturated carbocycles. The summed E-state index contributed by atoms with van der Waals surface area (Å²) in [6, 6.07) is 4.87. The number of urea groups is 1. The van der Waals surface area contributed by atoms with Gasteiger partial charge in [0.25, 0.3) is 0 Å². The fourth-order valence-electron chi connectivity index (χ4n) is 3.31. The highest BCUT2D eigenvalue weighted by Crippen LogP contribution is 2.21. The topological polar surface area (TPSA) is 108 Å². The molecule has 2 N–H and O–H groups in total. The van der Waals surface area contributed by atoms with E-state index >= 15 is 0 Å². The molecule has 2 aromatic rings. The minimum absolute atomic E-state index is 0.0202. The Labute approximate surface area is 206 Å². The highest BCUT2D eigenvalue weighted by atomic mass is 32.2. The van der Waals surface area contributed by atoms with Crippen LogP contribution in [0.3, 0.4) is 0 Å². The third-order valence-electron chi connectivity index (χ3n) is 5.01. The fraction of sp³-hybridized carbons (Fsp3) is 0.364. The highest BCUT2D eigenvalue weighted by Gasteiger charge is 2.28. The molecule has 9 nitrogen and oxygen atoms in total. The number of ether oxygens (including phenoxy) is 1. The van der Waals surface area contributed by atoms with Gasteiger partial charge >= 0.3 is 22.9 Å². The molecule has 1 atom stereocenters. The van der Waals surface area contributed by atoms with Gasteiger partial charge in [0.2, 0.25) is 5.91 Å². The Kier molecular flexibility index (Phi) is 10.0. The second kappa shape index (κ2) is 12.5. The minimum atomic E-state index is -4.22. The van der Waals surface area contributed by atoms with E-state index in [-0.39, 0.29) is 36.5 Å². The Morgan fingerprint density at radius 1 is 1.00 bits per heavy atom. The number of rotatable bonds is 11. The number of carbonyl (C=O) groups excluding carboxylic acids is 2. The summed E-state index contributed by atoms with van der Waals surface area (Å²) < 4.78 is 83.9. The number of likely N-dealkylation sites (N-methyl/N-ethyl adjacent to an activating group) is 1. The van der Waals surface area contributed by atoms with E-state index in [9.17, 15) is 35.6 Å². The summed E-state index contributed by atoms with van der Waals surface area (Å²) in [7, 11) is -2.90. The first-order chi connectivity index (χ1) is 16.9. The minimum Gasteiger partial charge on any atom is -0.435 e. The van der Waals surface area contributed by atoms with Gasteiger partial charge in [-0.2, -0.15) is 21.5 Å². The SMILES string of the molecule is CCN(CC)S(=O)(=O)NC(=O)N[C@@H](Cc1cc(F)cc(F)c1)C(=O)N(C)c1ccc(OC(F)F)cc1. The Morgan fingerprint density at radius 3 is 2.06 bits per heavy atom. The Balaban J connectivity index is 2.29. The standard InChI is InChI=1S/C22H26F4N4O5S/c1-4-30(5-2)36(33,34)28-22(32)27-19(12-14-10-15(23)13-16(24)11-14)20(31)29(3)17-6-8-18(9-7-17)35-21(25)26/h6-11,13,19,21H,4-5,12H2,1-3H3,(H2,27,28,32)/t19-/m0/s1. The number of hydrogen-bond donors (Lipinski definition) is 2. The molecule has 0 saturated heterocycles. The van der Waals surface area contributed by atoms with E-state index in [1.54, 1.807) is 18.6 Å². The number of halogens is 4. The summed E-state index contributed by atoms with van der Waals surface area (Å²) in [6.45, 7) is 0.258. The van der Waals surface area contributed by atoms with Crippen molar-refractivity contribution in [2.75, 3.05) is 25.0 Å². The summed E-state index contributed by atoms with van der Waals surface area (Å²) >= 11 is 0. The molecule has 14 heteroatoms. The number of hydrogen-bond acceptors (Lipinski definition) is 5. The van der Waals surface area contributed by atoms with Crippen LogP contribution in [0.25, 0.3) is 0 Å². The van der Waals surface area contributed by atoms with Crippen molar-refractivity contribution in [2.24, 2.45) is 0 Å². The summed E-state index contributed by atoms with van der Waals surface area (Å²) in [5, 5.41) is 2.24. The molecule has 0 spiro atoms. The molecule has 0 heterocycles. The number of anilines is 1. The van der Waals surface area contributed by atoms with E-state index in [1.807, 2.05) is 0 Å². The molecule has 0 aromatic heterocycles. The Bertz CT molecular complexity index is 1140. The smallest absolute Gasteiger partial charge is 0.387 e. The molecular weight excluding hydrogens is 508 g/mol. The van der Waals surface area contributed by atoms with Crippen molar-refractivity contribution in [3.8, 4) is 5.75 Å². The van der Waals surface area contributed by atoms with Gasteiger partial charge < -0.3 is 15.0 Å². The average molecular weight is 535 g/mol. The van der Waals surface area contributed by atoms with Gasteiger partial charge in [-0.05, 0) is 42.0 Å².